The summed E-state index contributed by atoms with van der Waals surface area (Å²) in [7, 11) is 1.69. The SMILES string of the molecule is COc1cc(C)c([C@@H](C)NC(=O)[C@H](C)Oc2cc(C)cc(C)c2)cc1C(C)C. The number of hydrogen-bond donors (Lipinski definition) is 1. The van der Waals surface area contributed by atoms with Crippen molar-refractivity contribution in [3.63, 3.8) is 0 Å². The number of nitrogens with one attached hydrogen (secondary N) is 1. The van der Waals surface area contributed by atoms with E-state index < -0.39 is 6.10 Å². The Morgan fingerprint density at radius 2 is 1.50 bits per heavy atom. The van der Waals surface area contributed by atoms with Gasteiger partial charge in [0.2, 0.25) is 0 Å². The lowest BCUT2D eigenvalue weighted by molar-refractivity contribution is -0.127. The number of carbonyl (C=O) groups excluding carboxylic acids is 1. The van der Waals surface area contributed by atoms with Gasteiger partial charge in [0.05, 0.1) is 13.2 Å². The molecule has 4 nitrogen and oxygen atoms in total. The molecule has 2 rings (SSSR count). The second kappa shape index (κ2) is 9.13. The van der Waals surface area contributed by atoms with E-state index in [2.05, 4.69) is 31.3 Å². The number of benzene rings is 2. The van der Waals surface area contributed by atoms with Crippen molar-refractivity contribution < 1.29 is 14.3 Å². The van der Waals surface area contributed by atoms with E-state index in [0.29, 0.717) is 5.92 Å². The van der Waals surface area contributed by atoms with Crippen LogP contribution in [0.4, 0.5) is 0 Å². The van der Waals surface area contributed by atoms with Crippen LogP contribution in [0.25, 0.3) is 0 Å². The third-order valence-corrected chi connectivity index (χ3v) is 4.94. The molecule has 0 aromatic heterocycles. The highest BCUT2D eigenvalue weighted by atomic mass is 16.5. The first kappa shape index (κ1) is 21.8. The van der Waals surface area contributed by atoms with Gasteiger partial charge >= 0.3 is 0 Å². The maximum absolute atomic E-state index is 12.7. The van der Waals surface area contributed by atoms with Crippen molar-refractivity contribution in [1.29, 1.82) is 0 Å². The van der Waals surface area contributed by atoms with Crippen LogP contribution in [0.2, 0.25) is 0 Å². The van der Waals surface area contributed by atoms with Crippen LogP contribution >= 0.6 is 0 Å². The Morgan fingerprint density at radius 3 is 2.04 bits per heavy atom. The molecule has 0 radical (unpaired) electrons. The van der Waals surface area contributed by atoms with Crippen LogP contribution in [0.15, 0.2) is 30.3 Å². The number of rotatable bonds is 7. The molecule has 1 N–H and O–H groups in total. The number of carbonyl (C=O) groups is 1. The van der Waals surface area contributed by atoms with E-state index >= 15 is 0 Å². The third kappa shape index (κ3) is 5.28. The minimum absolute atomic E-state index is 0.124. The van der Waals surface area contributed by atoms with Crippen molar-refractivity contribution in [3.8, 4) is 11.5 Å². The monoisotopic (exact) mass is 383 g/mol. The van der Waals surface area contributed by atoms with E-state index in [0.717, 1.165) is 39.3 Å². The molecule has 0 aliphatic heterocycles. The highest BCUT2D eigenvalue weighted by molar-refractivity contribution is 5.81. The molecule has 0 bridgehead atoms. The maximum Gasteiger partial charge on any atom is 0.261 e. The van der Waals surface area contributed by atoms with Crippen molar-refractivity contribution in [2.24, 2.45) is 0 Å². The molecule has 0 fully saturated rings. The number of hydrogen-bond acceptors (Lipinski definition) is 3. The van der Waals surface area contributed by atoms with E-state index in [1.807, 2.05) is 45.9 Å². The molecule has 2 aromatic rings. The van der Waals surface area contributed by atoms with Gasteiger partial charge in [-0.25, -0.2) is 0 Å². The Hall–Kier alpha value is -2.49. The molecule has 2 aromatic carbocycles. The zero-order valence-corrected chi connectivity index (χ0v) is 18.3. The standard InChI is InChI=1S/C24H33NO3/c1-14(2)21-13-22(17(5)12-23(21)27-8)18(6)25-24(26)19(7)28-20-10-15(3)9-16(4)11-20/h9-14,18-19H,1-8H3,(H,25,26)/t18-,19+/m1/s1. The molecule has 0 saturated heterocycles. The van der Waals surface area contributed by atoms with Crippen molar-refractivity contribution in [3.05, 3.63) is 58.1 Å². The average molecular weight is 384 g/mol. The quantitative estimate of drug-likeness (QED) is 0.697. The molecule has 2 atom stereocenters. The minimum Gasteiger partial charge on any atom is -0.496 e. The molecular formula is C24H33NO3. The predicted molar refractivity (Wildman–Crippen MR) is 114 cm³/mol. The van der Waals surface area contributed by atoms with Gasteiger partial charge in [-0.2, -0.15) is 0 Å². The highest BCUT2D eigenvalue weighted by Crippen LogP contribution is 2.32. The average Bonchev–Trinajstić information content (AvgIpc) is 2.59. The molecule has 0 heterocycles. The van der Waals surface area contributed by atoms with Gasteiger partial charge in [0.1, 0.15) is 11.5 Å². The van der Waals surface area contributed by atoms with Crippen molar-refractivity contribution in [2.45, 2.75) is 66.5 Å². The first-order valence-electron chi connectivity index (χ1n) is 9.86. The van der Waals surface area contributed by atoms with Gasteiger partial charge in [0.25, 0.3) is 5.91 Å². The minimum atomic E-state index is -0.577. The maximum atomic E-state index is 12.7. The van der Waals surface area contributed by atoms with Crippen LogP contribution in [-0.4, -0.2) is 19.1 Å². The first-order chi connectivity index (χ1) is 13.1. The summed E-state index contributed by atoms with van der Waals surface area (Å²) in [5.74, 6) is 1.81. The molecular weight excluding hydrogens is 350 g/mol. The van der Waals surface area contributed by atoms with Crippen LogP contribution in [-0.2, 0) is 4.79 Å². The second-order valence-electron chi connectivity index (χ2n) is 7.92. The Balaban J connectivity index is 2.14. The van der Waals surface area contributed by atoms with Crippen molar-refractivity contribution >= 4 is 5.91 Å². The summed E-state index contributed by atoms with van der Waals surface area (Å²) in [4.78, 5) is 12.7. The molecule has 0 aliphatic carbocycles. The summed E-state index contributed by atoms with van der Waals surface area (Å²) in [5, 5.41) is 3.09. The molecule has 4 heteroatoms. The number of amides is 1. The highest BCUT2D eigenvalue weighted by Gasteiger charge is 2.20. The zero-order valence-electron chi connectivity index (χ0n) is 18.3. The van der Waals surface area contributed by atoms with Gasteiger partial charge in [0.15, 0.2) is 6.10 Å². The van der Waals surface area contributed by atoms with Crippen LogP contribution in [0.3, 0.4) is 0 Å². The number of methoxy groups -OCH3 is 1. The van der Waals surface area contributed by atoms with E-state index in [1.54, 1.807) is 14.0 Å². The van der Waals surface area contributed by atoms with Gasteiger partial charge < -0.3 is 14.8 Å². The topological polar surface area (TPSA) is 47.6 Å². The second-order valence-corrected chi connectivity index (χ2v) is 7.92. The summed E-state index contributed by atoms with van der Waals surface area (Å²) in [6.07, 6.45) is -0.577. The number of ether oxygens (including phenoxy) is 2. The van der Waals surface area contributed by atoms with Crippen molar-refractivity contribution in [1.82, 2.24) is 5.32 Å². The molecule has 0 spiro atoms. The fraction of sp³-hybridized carbons (Fsp3) is 0.458. The Morgan fingerprint density at radius 1 is 0.893 bits per heavy atom. The van der Waals surface area contributed by atoms with E-state index in [-0.39, 0.29) is 11.9 Å². The molecule has 152 valence electrons. The van der Waals surface area contributed by atoms with Crippen LogP contribution in [0.1, 0.15) is 67.5 Å². The molecule has 0 saturated carbocycles. The lowest BCUT2D eigenvalue weighted by atomic mass is 9.93. The predicted octanol–water partition coefficient (Wildman–Crippen LogP) is 5.39. The summed E-state index contributed by atoms with van der Waals surface area (Å²) < 4.78 is 11.4. The fourth-order valence-electron chi connectivity index (χ4n) is 3.48. The largest absolute Gasteiger partial charge is 0.496 e. The Bertz CT molecular complexity index is 822. The third-order valence-electron chi connectivity index (χ3n) is 4.94. The van der Waals surface area contributed by atoms with Crippen LogP contribution < -0.4 is 14.8 Å². The van der Waals surface area contributed by atoms with Gasteiger partial charge in [-0.1, -0.05) is 19.9 Å². The molecule has 28 heavy (non-hydrogen) atoms. The Kier molecular flexibility index (Phi) is 7.11. The van der Waals surface area contributed by atoms with Crippen molar-refractivity contribution in [2.75, 3.05) is 7.11 Å². The van der Waals surface area contributed by atoms with Gasteiger partial charge in [-0.05, 0) is 92.6 Å². The van der Waals surface area contributed by atoms with Gasteiger partial charge in [-0.15, -0.1) is 0 Å². The molecule has 0 unspecified atom stereocenters. The number of aryl methyl sites for hydroxylation is 3. The lowest BCUT2D eigenvalue weighted by Gasteiger charge is -2.23. The summed E-state index contributed by atoms with van der Waals surface area (Å²) in [6, 6.07) is 10.0. The zero-order chi connectivity index (χ0) is 21.0. The Labute approximate surface area is 169 Å². The summed E-state index contributed by atoms with van der Waals surface area (Å²) >= 11 is 0. The van der Waals surface area contributed by atoms with E-state index in [9.17, 15) is 4.79 Å². The normalized spacial score (nSPS) is 13.2. The molecule has 0 aliphatic rings. The van der Waals surface area contributed by atoms with E-state index in [4.69, 9.17) is 9.47 Å². The fourth-order valence-corrected chi connectivity index (χ4v) is 3.48. The summed E-state index contributed by atoms with van der Waals surface area (Å²) in [5.41, 5.74) is 5.56. The van der Waals surface area contributed by atoms with Crippen LogP contribution in [0.5, 0.6) is 11.5 Å². The van der Waals surface area contributed by atoms with E-state index in [1.165, 1.54) is 0 Å². The van der Waals surface area contributed by atoms with Crippen LogP contribution in [0, 0.1) is 20.8 Å². The van der Waals surface area contributed by atoms with Gasteiger partial charge in [-0.3, -0.25) is 4.79 Å². The molecule has 1 amide bonds. The summed E-state index contributed by atoms with van der Waals surface area (Å²) in [6.45, 7) is 14.1. The van der Waals surface area contributed by atoms with Gasteiger partial charge in [0, 0.05) is 0 Å². The first-order valence-corrected chi connectivity index (χ1v) is 9.86. The lowest BCUT2D eigenvalue weighted by Crippen LogP contribution is -2.38. The smallest absolute Gasteiger partial charge is 0.261 e.